The van der Waals surface area contributed by atoms with Gasteiger partial charge >= 0.3 is 0 Å². The second-order valence-corrected chi connectivity index (χ2v) is 6.86. The quantitative estimate of drug-likeness (QED) is 0.854. The molecule has 26 heavy (non-hydrogen) atoms. The first kappa shape index (κ1) is 18.6. The van der Waals surface area contributed by atoms with Gasteiger partial charge in [0.2, 0.25) is 0 Å². The van der Waals surface area contributed by atoms with E-state index in [9.17, 15) is 13.6 Å². The molecule has 2 aromatic rings. The van der Waals surface area contributed by atoms with Crippen LogP contribution in [0.2, 0.25) is 5.02 Å². The van der Waals surface area contributed by atoms with Crippen molar-refractivity contribution >= 4 is 28.9 Å². The molecule has 7 heteroatoms. The first-order valence-corrected chi connectivity index (χ1v) is 8.93. The van der Waals surface area contributed by atoms with Crippen LogP contribution < -0.4 is 15.1 Å². The number of amides is 1. The monoisotopic (exact) mass is 380 g/mol. The van der Waals surface area contributed by atoms with Crippen molar-refractivity contribution in [1.82, 2.24) is 0 Å². The minimum atomic E-state index is -0.441. The number of carbonyl (C=O) groups excluding carboxylic acids is 1. The first-order valence-electron chi connectivity index (χ1n) is 8.55. The molecule has 1 aliphatic rings. The van der Waals surface area contributed by atoms with Crippen molar-refractivity contribution in [1.29, 1.82) is 0 Å². The van der Waals surface area contributed by atoms with E-state index in [0.717, 1.165) is 31.9 Å². The summed E-state index contributed by atoms with van der Waals surface area (Å²) in [5.41, 5.74) is 1.40. The van der Waals surface area contributed by atoms with Crippen LogP contribution in [0.5, 0.6) is 0 Å². The molecular formula is C19H21ClF2N3O+. The Kier molecular flexibility index (Phi) is 5.74. The van der Waals surface area contributed by atoms with Gasteiger partial charge in [0.05, 0.1) is 36.9 Å². The number of anilines is 2. The number of nitrogens with one attached hydrogen (secondary N) is 2. The highest BCUT2D eigenvalue weighted by atomic mass is 35.5. The lowest BCUT2D eigenvalue weighted by atomic mass is 10.2. The van der Waals surface area contributed by atoms with Crippen LogP contribution in [0.3, 0.4) is 0 Å². The molecular weight excluding hydrogens is 360 g/mol. The summed E-state index contributed by atoms with van der Waals surface area (Å²) in [6.07, 6.45) is 0. The van der Waals surface area contributed by atoms with Gasteiger partial charge in [-0.15, -0.1) is 0 Å². The third-order valence-electron chi connectivity index (χ3n) is 4.79. The molecule has 2 aromatic carbocycles. The van der Waals surface area contributed by atoms with E-state index < -0.39 is 5.82 Å². The van der Waals surface area contributed by atoms with E-state index in [-0.39, 0.29) is 22.8 Å². The second-order valence-electron chi connectivity index (χ2n) is 6.46. The third-order valence-corrected chi connectivity index (χ3v) is 5.10. The van der Waals surface area contributed by atoms with Crippen LogP contribution in [0.15, 0.2) is 42.5 Å². The van der Waals surface area contributed by atoms with E-state index in [2.05, 4.69) is 10.2 Å². The van der Waals surface area contributed by atoms with Gasteiger partial charge in [-0.1, -0.05) is 11.6 Å². The normalized spacial score (nSPS) is 16.4. The number of benzene rings is 2. The summed E-state index contributed by atoms with van der Waals surface area (Å²) in [5.74, 6) is -0.838. The predicted octanol–water partition coefficient (Wildman–Crippen LogP) is 2.35. The van der Waals surface area contributed by atoms with E-state index in [4.69, 9.17) is 11.6 Å². The Hall–Kier alpha value is -2.18. The van der Waals surface area contributed by atoms with Gasteiger partial charge < -0.3 is 15.1 Å². The minimum absolute atomic E-state index is 0.149. The van der Waals surface area contributed by atoms with Gasteiger partial charge in [0, 0.05) is 5.69 Å². The number of piperazine rings is 1. The van der Waals surface area contributed by atoms with E-state index in [1.165, 1.54) is 35.2 Å². The molecule has 2 N–H and O–H groups in total. The molecule has 0 saturated carbocycles. The zero-order chi connectivity index (χ0) is 18.7. The van der Waals surface area contributed by atoms with Gasteiger partial charge in [0.1, 0.15) is 11.6 Å². The van der Waals surface area contributed by atoms with Gasteiger partial charge in [0.25, 0.3) is 5.91 Å². The number of halogens is 3. The third kappa shape index (κ3) is 4.31. The second kappa shape index (κ2) is 8.01. The van der Waals surface area contributed by atoms with Crippen LogP contribution in [0, 0.1) is 11.6 Å². The average molecular weight is 381 g/mol. The summed E-state index contributed by atoms with van der Waals surface area (Å²) >= 11 is 5.97. The van der Waals surface area contributed by atoms with Crippen molar-refractivity contribution in [3.63, 3.8) is 0 Å². The van der Waals surface area contributed by atoms with Crippen LogP contribution in [0.4, 0.5) is 20.2 Å². The Labute approximate surface area is 156 Å². The zero-order valence-corrected chi connectivity index (χ0v) is 15.2. The van der Waals surface area contributed by atoms with Crippen LogP contribution in [-0.2, 0) is 4.79 Å². The Balaban J connectivity index is 1.56. The van der Waals surface area contributed by atoms with Crippen molar-refractivity contribution < 1.29 is 18.5 Å². The highest BCUT2D eigenvalue weighted by molar-refractivity contribution is 6.33. The Morgan fingerprint density at radius 3 is 2.35 bits per heavy atom. The number of hydrogen-bond acceptors (Lipinski definition) is 2. The Morgan fingerprint density at radius 2 is 1.73 bits per heavy atom. The SMILES string of the molecule is C[C@H](C(=O)Nc1ccc(F)cc1Cl)[NH+]1CCN(c2ccc(F)cc2)CC1. The van der Waals surface area contributed by atoms with Crippen LogP contribution in [0.25, 0.3) is 0 Å². The van der Waals surface area contributed by atoms with Crippen LogP contribution in [-0.4, -0.2) is 38.1 Å². The van der Waals surface area contributed by atoms with Gasteiger partial charge in [0.15, 0.2) is 6.04 Å². The summed E-state index contributed by atoms with van der Waals surface area (Å²) < 4.78 is 26.1. The molecule has 138 valence electrons. The van der Waals surface area contributed by atoms with Gasteiger partial charge in [-0.2, -0.15) is 0 Å². The lowest BCUT2D eigenvalue weighted by Gasteiger charge is -2.36. The van der Waals surface area contributed by atoms with Gasteiger partial charge in [-0.05, 0) is 49.4 Å². The van der Waals surface area contributed by atoms with E-state index in [1.54, 1.807) is 12.1 Å². The maximum atomic E-state index is 13.1. The molecule has 1 aliphatic heterocycles. The largest absolute Gasteiger partial charge is 0.360 e. The molecule has 1 saturated heterocycles. The smallest absolute Gasteiger partial charge is 0.282 e. The number of hydrogen-bond donors (Lipinski definition) is 2. The Morgan fingerprint density at radius 1 is 1.12 bits per heavy atom. The fourth-order valence-electron chi connectivity index (χ4n) is 3.15. The highest BCUT2D eigenvalue weighted by Crippen LogP contribution is 2.22. The van der Waals surface area contributed by atoms with E-state index in [0.29, 0.717) is 5.69 Å². The van der Waals surface area contributed by atoms with Gasteiger partial charge in [-0.3, -0.25) is 4.79 Å². The summed E-state index contributed by atoms with van der Waals surface area (Å²) in [6, 6.07) is 10.1. The molecule has 1 heterocycles. The molecule has 1 fully saturated rings. The summed E-state index contributed by atoms with van der Waals surface area (Å²) in [4.78, 5) is 15.8. The maximum absolute atomic E-state index is 13.1. The molecule has 1 atom stereocenters. The molecule has 4 nitrogen and oxygen atoms in total. The van der Waals surface area contributed by atoms with E-state index >= 15 is 0 Å². The number of rotatable bonds is 4. The predicted molar refractivity (Wildman–Crippen MR) is 98.8 cm³/mol. The van der Waals surface area contributed by atoms with Crippen molar-refractivity contribution in [2.24, 2.45) is 0 Å². The maximum Gasteiger partial charge on any atom is 0.282 e. The molecule has 3 rings (SSSR count). The lowest BCUT2D eigenvalue weighted by molar-refractivity contribution is -0.914. The van der Waals surface area contributed by atoms with Crippen molar-refractivity contribution in [2.75, 3.05) is 36.4 Å². The molecule has 0 aliphatic carbocycles. The topological polar surface area (TPSA) is 36.8 Å². The van der Waals surface area contributed by atoms with Crippen molar-refractivity contribution in [3.8, 4) is 0 Å². The molecule has 0 bridgehead atoms. The molecule has 0 spiro atoms. The number of quaternary nitrogens is 1. The first-order chi connectivity index (χ1) is 12.4. The van der Waals surface area contributed by atoms with Crippen LogP contribution in [0.1, 0.15) is 6.92 Å². The molecule has 0 radical (unpaired) electrons. The fraction of sp³-hybridized carbons (Fsp3) is 0.316. The molecule has 0 aromatic heterocycles. The summed E-state index contributed by atoms with van der Waals surface area (Å²) in [5, 5.41) is 2.95. The molecule has 0 unspecified atom stereocenters. The van der Waals surface area contributed by atoms with Crippen LogP contribution >= 0.6 is 11.6 Å². The molecule has 1 amide bonds. The van der Waals surface area contributed by atoms with Crippen molar-refractivity contribution in [3.05, 3.63) is 59.1 Å². The summed E-state index contributed by atoms with van der Waals surface area (Å²) in [7, 11) is 0. The fourth-order valence-corrected chi connectivity index (χ4v) is 3.37. The Bertz CT molecular complexity index is 777. The lowest BCUT2D eigenvalue weighted by Crippen LogP contribution is -3.19. The van der Waals surface area contributed by atoms with E-state index in [1.807, 2.05) is 6.92 Å². The number of nitrogens with zero attached hydrogens (tertiary/aromatic N) is 1. The highest BCUT2D eigenvalue weighted by Gasteiger charge is 2.29. The standard InChI is InChI=1S/C19H20ClF2N3O/c1-13(19(26)23-18-7-4-15(22)12-17(18)20)24-8-10-25(11-9-24)16-5-2-14(21)3-6-16/h2-7,12-13H,8-11H2,1H3,(H,23,26)/p+1/t13-/m1/s1. The average Bonchev–Trinajstić information content (AvgIpc) is 2.64. The summed E-state index contributed by atoms with van der Waals surface area (Å²) in [6.45, 7) is 5.04. The minimum Gasteiger partial charge on any atom is -0.360 e. The van der Waals surface area contributed by atoms with Gasteiger partial charge in [-0.25, -0.2) is 8.78 Å². The number of carbonyl (C=O) groups is 1. The van der Waals surface area contributed by atoms with Crippen molar-refractivity contribution in [2.45, 2.75) is 13.0 Å². The zero-order valence-electron chi connectivity index (χ0n) is 14.4.